The first-order valence-corrected chi connectivity index (χ1v) is 8.16. The standard InChI is InChI=1S/C17H17BrN2O4/c1-3-12-5-7-16(14(18)8-12)24-10-17(21)19-13-6-4-11(2)15(9-13)20(22)23/h4-9H,3,10H2,1-2H3,(H,19,21). The van der Waals surface area contributed by atoms with E-state index in [1.54, 1.807) is 25.1 Å². The quantitative estimate of drug-likeness (QED) is 0.588. The van der Waals surface area contributed by atoms with Gasteiger partial charge in [-0.1, -0.05) is 19.1 Å². The van der Waals surface area contributed by atoms with Gasteiger partial charge in [-0.25, -0.2) is 0 Å². The van der Waals surface area contributed by atoms with Crippen LogP contribution in [0.4, 0.5) is 11.4 Å². The van der Waals surface area contributed by atoms with Gasteiger partial charge in [-0.05, 0) is 53.0 Å². The highest BCUT2D eigenvalue weighted by Crippen LogP contribution is 2.26. The van der Waals surface area contributed by atoms with Gasteiger partial charge in [0.05, 0.1) is 9.40 Å². The van der Waals surface area contributed by atoms with Gasteiger partial charge in [0.15, 0.2) is 6.61 Å². The van der Waals surface area contributed by atoms with Crippen LogP contribution in [0.2, 0.25) is 0 Å². The smallest absolute Gasteiger partial charge is 0.274 e. The molecule has 126 valence electrons. The minimum absolute atomic E-state index is 0.0355. The summed E-state index contributed by atoms with van der Waals surface area (Å²) in [7, 11) is 0. The normalized spacial score (nSPS) is 10.3. The number of nitro benzene ring substituents is 1. The van der Waals surface area contributed by atoms with Crippen LogP contribution >= 0.6 is 15.9 Å². The van der Waals surface area contributed by atoms with Gasteiger partial charge in [-0.15, -0.1) is 0 Å². The molecule has 0 radical (unpaired) electrons. The second-order valence-electron chi connectivity index (χ2n) is 5.21. The van der Waals surface area contributed by atoms with Gasteiger partial charge in [-0.3, -0.25) is 14.9 Å². The van der Waals surface area contributed by atoms with Crippen molar-refractivity contribution in [2.75, 3.05) is 11.9 Å². The number of amides is 1. The lowest BCUT2D eigenvalue weighted by atomic mass is 10.2. The van der Waals surface area contributed by atoms with E-state index in [0.717, 1.165) is 16.5 Å². The van der Waals surface area contributed by atoms with E-state index in [2.05, 4.69) is 28.2 Å². The first kappa shape index (κ1) is 17.9. The Morgan fingerprint density at radius 2 is 2.04 bits per heavy atom. The van der Waals surface area contributed by atoms with Gasteiger partial charge < -0.3 is 10.1 Å². The van der Waals surface area contributed by atoms with Crippen LogP contribution in [0.1, 0.15) is 18.1 Å². The summed E-state index contributed by atoms with van der Waals surface area (Å²) < 4.78 is 6.26. The van der Waals surface area contributed by atoms with Crippen molar-refractivity contribution in [3.05, 3.63) is 62.1 Å². The number of hydrogen-bond acceptors (Lipinski definition) is 4. The van der Waals surface area contributed by atoms with Gasteiger partial charge in [0.2, 0.25) is 0 Å². The Morgan fingerprint density at radius 1 is 1.29 bits per heavy atom. The van der Waals surface area contributed by atoms with Gasteiger partial charge >= 0.3 is 0 Å². The molecule has 0 bridgehead atoms. The Kier molecular flexibility index (Phi) is 5.92. The topological polar surface area (TPSA) is 81.5 Å². The number of nitrogens with one attached hydrogen (secondary N) is 1. The number of hydrogen-bond donors (Lipinski definition) is 1. The van der Waals surface area contributed by atoms with Crippen LogP contribution in [0, 0.1) is 17.0 Å². The molecule has 0 saturated heterocycles. The molecular formula is C17H17BrN2O4. The van der Waals surface area contributed by atoms with Crippen LogP contribution in [0.15, 0.2) is 40.9 Å². The van der Waals surface area contributed by atoms with Crippen LogP contribution in [-0.2, 0) is 11.2 Å². The first-order chi connectivity index (χ1) is 11.4. The third-order valence-electron chi connectivity index (χ3n) is 3.45. The Labute approximate surface area is 148 Å². The molecule has 0 fully saturated rings. The average Bonchev–Trinajstić information content (AvgIpc) is 2.55. The van der Waals surface area contributed by atoms with E-state index in [1.807, 2.05) is 12.1 Å². The molecule has 2 rings (SSSR count). The van der Waals surface area contributed by atoms with Crippen molar-refractivity contribution >= 4 is 33.2 Å². The highest BCUT2D eigenvalue weighted by Gasteiger charge is 2.13. The first-order valence-electron chi connectivity index (χ1n) is 7.36. The van der Waals surface area contributed by atoms with Gasteiger partial charge in [-0.2, -0.15) is 0 Å². The van der Waals surface area contributed by atoms with E-state index in [4.69, 9.17) is 4.74 Å². The van der Waals surface area contributed by atoms with E-state index in [9.17, 15) is 14.9 Å². The SMILES string of the molecule is CCc1ccc(OCC(=O)Nc2ccc(C)c([N+](=O)[O-])c2)c(Br)c1. The summed E-state index contributed by atoms with van der Waals surface area (Å²) in [6.07, 6.45) is 0.908. The summed E-state index contributed by atoms with van der Waals surface area (Å²) in [5, 5.41) is 13.5. The molecule has 0 saturated carbocycles. The van der Waals surface area contributed by atoms with Gasteiger partial charge in [0.1, 0.15) is 5.75 Å². The lowest BCUT2D eigenvalue weighted by Crippen LogP contribution is -2.20. The molecule has 0 spiro atoms. The predicted molar refractivity (Wildman–Crippen MR) is 95.5 cm³/mol. The van der Waals surface area contributed by atoms with Crippen molar-refractivity contribution in [1.29, 1.82) is 0 Å². The molecule has 2 aromatic carbocycles. The van der Waals surface area contributed by atoms with Crippen LogP contribution in [0.5, 0.6) is 5.75 Å². The second kappa shape index (κ2) is 7.92. The van der Waals surface area contributed by atoms with E-state index in [1.165, 1.54) is 6.07 Å². The number of carbonyl (C=O) groups excluding carboxylic acids is 1. The number of carbonyl (C=O) groups is 1. The molecule has 1 N–H and O–H groups in total. The molecular weight excluding hydrogens is 376 g/mol. The van der Waals surface area contributed by atoms with Crippen molar-refractivity contribution in [3.8, 4) is 5.75 Å². The van der Waals surface area contributed by atoms with Crippen LogP contribution in [0.3, 0.4) is 0 Å². The zero-order valence-corrected chi connectivity index (χ0v) is 14.9. The number of rotatable bonds is 6. The Bertz CT molecular complexity index is 777. The summed E-state index contributed by atoms with van der Waals surface area (Å²) in [5.74, 6) is 0.178. The Hall–Kier alpha value is -2.41. The van der Waals surface area contributed by atoms with E-state index in [0.29, 0.717) is 17.0 Å². The van der Waals surface area contributed by atoms with Crippen LogP contribution in [0.25, 0.3) is 0 Å². The number of nitrogens with zero attached hydrogens (tertiary/aromatic N) is 1. The monoisotopic (exact) mass is 392 g/mol. The molecule has 0 unspecified atom stereocenters. The summed E-state index contributed by atoms with van der Waals surface area (Å²) in [4.78, 5) is 22.4. The molecule has 6 nitrogen and oxygen atoms in total. The van der Waals surface area contributed by atoms with Crippen molar-refractivity contribution in [2.24, 2.45) is 0 Å². The van der Waals surface area contributed by atoms with E-state index < -0.39 is 4.92 Å². The Morgan fingerprint density at radius 3 is 2.67 bits per heavy atom. The average molecular weight is 393 g/mol. The number of aryl methyl sites for hydroxylation is 2. The number of halogens is 1. The molecule has 7 heteroatoms. The van der Waals surface area contributed by atoms with Gasteiger partial charge in [0, 0.05) is 17.3 Å². The number of benzene rings is 2. The highest BCUT2D eigenvalue weighted by atomic mass is 79.9. The zero-order valence-electron chi connectivity index (χ0n) is 13.3. The molecule has 2 aromatic rings. The number of ether oxygens (including phenoxy) is 1. The number of nitro groups is 1. The van der Waals surface area contributed by atoms with E-state index in [-0.39, 0.29) is 18.2 Å². The minimum Gasteiger partial charge on any atom is -0.483 e. The molecule has 24 heavy (non-hydrogen) atoms. The second-order valence-corrected chi connectivity index (χ2v) is 6.07. The molecule has 0 aliphatic rings. The molecule has 0 atom stereocenters. The van der Waals surface area contributed by atoms with Crippen LogP contribution in [-0.4, -0.2) is 17.4 Å². The van der Waals surface area contributed by atoms with Crippen LogP contribution < -0.4 is 10.1 Å². The summed E-state index contributed by atoms with van der Waals surface area (Å²) >= 11 is 3.41. The fourth-order valence-corrected chi connectivity index (χ4v) is 2.65. The maximum atomic E-state index is 12.0. The zero-order chi connectivity index (χ0) is 17.7. The van der Waals surface area contributed by atoms with Crippen molar-refractivity contribution < 1.29 is 14.5 Å². The molecule has 0 aliphatic carbocycles. The Balaban J connectivity index is 1.99. The number of anilines is 1. The predicted octanol–water partition coefficient (Wildman–Crippen LogP) is 4.25. The van der Waals surface area contributed by atoms with Crippen molar-refractivity contribution in [1.82, 2.24) is 0 Å². The highest BCUT2D eigenvalue weighted by molar-refractivity contribution is 9.10. The third kappa shape index (κ3) is 4.55. The fourth-order valence-electron chi connectivity index (χ4n) is 2.11. The lowest BCUT2D eigenvalue weighted by Gasteiger charge is -2.10. The summed E-state index contributed by atoms with van der Waals surface area (Å²) in [6, 6.07) is 10.2. The third-order valence-corrected chi connectivity index (χ3v) is 4.07. The fraction of sp³-hybridized carbons (Fsp3) is 0.235. The van der Waals surface area contributed by atoms with Crippen molar-refractivity contribution in [2.45, 2.75) is 20.3 Å². The summed E-state index contributed by atoms with van der Waals surface area (Å²) in [6.45, 7) is 3.51. The molecule has 0 aromatic heterocycles. The molecule has 0 aliphatic heterocycles. The maximum absolute atomic E-state index is 12.0. The molecule has 0 heterocycles. The largest absolute Gasteiger partial charge is 0.483 e. The van der Waals surface area contributed by atoms with Crippen molar-refractivity contribution in [3.63, 3.8) is 0 Å². The molecule has 1 amide bonds. The van der Waals surface area contributed by atoms with Gasteiger partial charge in [0.25, 0.3) is 11.6 Å². The summed E-state index contributed by atoms with van der Waals surface area (Å²) in [5.41, 5.74) is 2.02. The maximum Gasteiger partial charge on any atom is 0.274 e. The minimum atomic E-state index is -0.478. The van der Waals surface area contributed by atoms with E-state index >= 15 is 0 Å². The lowest BCUT2D eigenvalue weighted by molar-refractivity contribution is -0.385.